The molecule has 6 nitrogen and oxygen atoms in total. The van der Waals surface area contributed by atoms with Crippen molar-refractivity contribution in [1.29, 1.82) is 0 Å². The first kappa shape index (κ1) is 23.0. The number of hydrogen-bond acceptors (Lipinski definition) is 4. The zero-order valence-electron chi connectivity index (χ0n) is 17.7. The molecule has 0 aliphatic heterocycles. The van der Waals surface area contributed by atoms with Crippen LogP contribution in [0.2, 0.25) is 0 Å². The molecule has 1 amide bonds. The summed E-state index contributed by atoms with van der Waals surface area (Å²) in [5.41, 5.74) is 1.02. The van der Waals surface area contributed by atoms with Gasteiger partial charge in [-0.25, -0.2) is 12.8 Å². The lowest BCUT2D eigenvalue weighted by molar-refractivity contribution is -0.121. The van der Waals surface area contributed by atoms with E-state index in [0.717, 1.165) is 0 Å². The number of carbonyl (C=O) groups excluding carboxylic acids is 1. The normalized spacial score (nSPS) is 11.9. The van der Waals surface area contributed by atoms with Gasteiger partial charge in [-0.2, -0.15) is 0 Å². The standard InChI is InChI=1S/C23H27FN2O4S/c1-17(2)30-12-6-11-25-23(27)15-26-14-22(20-9-3-4-10-21(20)26)31(28,29)16-18-7-5-8-19(24)13-18/h3-5,7-10,13-14,17H,6,11-12,15-16H2,1-2H3,(H,25,27). The summed E-state index contributed by atoms with van der Waals surface area (Å²) >= 11 is 0. The summed E-state index contributed by atoms with van der Waals surface area (Å²) in [6.07, 6.45) is 2.33. The highest BCUT2D eigenvalue weighted by atomic mass is 32.2. The van der Waals surface area contributed by atoms with E-state index in [1.165, 1.54) is 24.4 Å². The zero-order chi connectivity index (χ0) is 22.4. The molecule has 0 atom stereocenters. The van der Waals surface area contributed by atoms with E-state index in [1.807, 2.05) is 13.8 Å². The maximum absolute atomic E-state index is 13.5. The van der Waals surface area contributed by atoms with Gasteiger partial charge in [-0.3, -0.25) is 4.79 Å². The zero-order valence-corrected chi connectivity index (χ0v) is 18.5. The van der Waals surface area contributed by atoms with Gasteiger partial charge in [-0.15, -0.1) is 0 Å². The molecule has 0 aliphatic carbocycles. The van der Waals surface area contributed by atoms with Crippen molar-refractivity contribution in [2.24, 2.45) is 0 Å². The molecule has 0 saturated carbocycles. The summed E-state index contributed by atoms with van der Waals surface area (Å²) in [5, 5.41) is 3.37. The number of nitrogens with zero attached hydrogens (tertiary/aromatic N) is 1. The number of ether oxygens (including phenoxy) is 1. The highest BCUT2D eigenvalue weighted by Crippen LogP contribution is 2.28. The topological polar surface area (TPSA) is 77.4 Å². The first-order valence-corrected chi connectivity index (χ1v) is 11.8. The second-order valence-corrected chi connectivity index (χ2v) is 9.61. The van der Waals surface area contributed by atoms with Crippen LogP contribution in [0.15, 0.2) is 59.6 Å². The predicted molar refractivity (Wildman–Crippen MR) is 118 cm³/mol. The molecule has 0 aliphatic rings. The lowest BCUT2D eigenvalue weighted by Crippen LogP contribution is -2.29. The van der Waals surface area contributed by atoms with E-state index in [1.54, 1.807) is 34.9 Å². The van der Waals surface area contributed by atoms with Gasteiger partial charge in [0.05, 0.1) is 16.8 Å². The molecule has 1 aromatic heterocycles. The van der Waals surface area contributed by atoms with Crippen LogP contribution in [0.1, 0.15) is 25.8 Å². The molecule has 1 N–H and O–H groups in total. The number of carbonyl (C=O) groups is 1. The van der Waals surface area contributed by atoms with Crippen LogP contribution >= 0.6 is 0 Å². The van der Waals surface area contributed by atoms with Crippen molar-refractivity contribution in [2.75, 3.05) is 13.2 Å². The molecule has 0 saturated heterocycles. The number of hydrogen-bond donors (Lipinski definition) is 1. The molecule has 0 radical (unpaired) electrons. The van der Waals surface area contributed by atoms with Gasteiger partial charge in [0.25, 0.3) is 0 Å². The molecule has 2 aromatic carbocycles. The molecule has 0 fully saturated rings. The van der Waals surface area contributed by atoms with Crippen molar-refractivity contribution in [3.8, 4) is 0 Å². The molecule has 0 bridgehead atoms. The van der Waals surface area contributed by atoms with Crippen molar-refractivity contribution in [1.82, 2.24) is 9.88 Å². The largest absolute Gasteiger partial charge is 0.379 e. The molecule has 1 heterocycles. The second kappa shape index (κ2) is 10.1. The van der Waals surface area contributed by atoms with Crippen LogP contribution in [0.4, 0.5) is 4.39 Å². The van der Waals surface area contributed by atoms with Crippen molar-refractivity contribution >= 4 is 26.6 Å². The Hall–Kier alpha value is -2.71. The van der Waals surface area contributed by atoms with Crippen molar-refractivity contribution in [3.63, 3.8) is 0 Å². The van der Waals surface area contributed by atoms with E-state index in [-0.39, 0.29) is 29.2 Å². The smallest absolute Gasteiger partial charge is 0.239 e. The van der Waals surface area contributed by atoms with E-state index in [2.05, 4.69) is 5.32 Å². The van der Waals surface area contributed by atoms with Crippen molar-refractivity contribution < 1.29 is 22.3 Å². The molecule has 31 heavy (non-hydrogen) atoms. The molecule has 0 spiro atoms. The summed E-state index contributed by atoms with van der Waals surface area (Å²) in [4.78, 5) is 12.5. The second-order valence-electron chi connectivity index (χ2n) is 7.65. The maximum atomic E-state index is 13.5. The lowest BCUT2D eigenvalue weighted by atomic mass is 10.2. The number of rotatable bonds is 10. The Balaban J connectivity index is 1.76. The molecular formula is C23H27FN2O4S. The Morgan fingerprint density at radius 2 is 1.94 bits per heavy atom. The van der Waals surface area contributed by atoms with Gasteiger partial charge in [0, 0.05) is 30.3 Å². The Labute approximate surface area is 181 Å². The highest BCUT2D eigenvalue weighted by Gasteiger charge is 2.22. The Bertz CT molecular complexity index is 1160. The first-order valence-electron chi connectivity index (χ1n) is 10.2. The summed E-state index contributed by atoms with van der Waals surface area (Å²) in [5.74, 6) is -1.01. The minimum atomic E-state index is -3.74. The third-order valence-electron chi connectivity index (χ3n) is 4.74. The average molecular weight is 447 g/mol. The van der Waals surface area contributed by atoms with Gasteiger partial charge < -0.3 is 14.6 Å². The molecule has 3 aromatic rings. The quantitative estimate of drug-likeness (QED) is 0.482. The summed E-state index contributed by atoms with van der Waals surface area (Å²) in [6.45, 7) is 4.95. The average Bonchev–Trinajstić information content (AvgIpc) is 3.07. The molecule has 3 rings (SSSR count). The van der Waals surface area contributed by atoms with E-state index >= 15 is 0 Å². The van der Waals surface area contributed by atoms with Gasteiger partial charge in [-0.1, -0.05) is 30.3 Å². The fraction of sp³-hybridized carbons (Fsp3) is 0.348. The van der Waals surface area contributed by atoms with Crippen LogP contribution in [0, 0.1) is 5.82 Å². The van der Waals surface area contributed by atoms with E-state index in [9.17, 15) is 17.6 Å². The van der Waals surface area contributed by atoms with Crippen molar-refractivity contribution in [3.05, 3.63) is 66.1 Å². The maximum Gasteiger partial charge on any atom is 0.239 e. The number of nitrogens with one attached hydrogen (secondary N) is 1. The van der Waals surface area contributed by atoms with Crippen LogP contribution in [0.25, 0.3) is 10.9 Å². The van der Waals surface area contributed by atoms with Crippen LogP contribution < -0.4 is 5.32 Å². The van der Waals surface area contributed by atoms with Crippen molar-refractivity contribution in [2.45, 2.75) is 43.6 Å². The molecular weight excluding hydrogens is 419 g/mol. The first-order chi connectivity index (χ1) is 14.8. The molecule has 8 heteroatoms. The molecule has 166 valence electrons. The number of halogens is 1. The lowest BCUT2D eigenvalue weighted by Gasteiger charge is -2.09. The minimum absolute atomic E-state index is 0.00103. The fourth-order valence-electron chi connectivity index (χ4n) is 3.35. The third-order valence-corrected chi connectivity index (χ3v) is 6.45. The number of benzene rings is 2. The van der Waals surface area contributed by atoms with Gasteiger partial charge in [0.1, 0.15) is 12.4 Å². The monoisotopic (exact) mass is 446 g/mol. The van der Waals surface area contributed by atoms with Crippen LogP contribution in [-0.4, -0.2) is 38.1 Å². The summed E-state index contributed by atoms with van der Waals surface area (Å²) < 4.78 is 46.7. The Morgan fingerprint density at radius 3 is 2.68 bits per heavy atom. The van der Waals surface area contributed by atoms with Gasteiger partial charge >= 0.3 is 0 Å². The SMILES string of the molecule is CC(C)OCCCNC(=O)Cn1cc(S(=O)(=O)Cc2cccc(F)c2)c2ccccc21. The van der Waals surface area contributed by atoms with E-state index in [4.69, 9.17) is 4.74 Å². The summed E-state index contributed by atoms with van der Waals surface area (Å²) in [6, 6.07) is 12.6. The van der Waals surface area contributed by atoms with Gasteiger partial charge in [0.15, 0.2) is 9.84 Å². The fourth-order valence-corrected chi connectivity index (χ4v) is 4.91. The van der Waals surface area contributed by atoms with E-state index in [0.29, 0.717) is 36.0 Å². The Kier molecular flexibility index (Phi) is 7.46. The van der Waals surface area contributed by atoms with Crippen LogP contribution in [-0.2, 0) is 31.7 Å². The third kappa shape index (κ3) is 6.15. The van der Waals surface area contributed by atoms with Crippen LogP contribution in [0.5, 0.6) is 0 Å². The number of fused-ring (bicyclic) bond motifs is 1. The number of amides is 1. The minimum Gasteiger partial charge on any atom is -0.379 e. The highest BCUT2D eigenvalue weighted by molar-refractivity contribution is 7.90. The van der Waals surface area contributed by atoms with Gasteiger partial charge in [0.2, 0.25) is 5.91 Å². The summed E-state index contributed by atoms with van der Waals surface area (Å²) in [7, 11) is -3.74. The predicted octanol–water partition coefficient (Wildman–Crippen LogP) is 3.69. The molecule has 0 unspecified atom stereocenters. The number of aromatic nitrogens is 1. The van der Waals surface area contributed by atoms with E-state index < -0.39 is 15.7 Å². The number of para-hydroxylation sites is 1. The Morgan fingerprint density at radius 1 is 1.16 bits per heavy atom. The number of sulfone groups is 1. The van der Waals surface area contributed by atoms with Gasteiger partial charge in [-0.05, 0) is 44.0 Å². The van der Waals surface area contributed by atoms with Crippen LogP contribution in [0.3, 0.4) is 0 Å².